The van der Waals surface area contributed by atoms with Crippen LogP contribution < -0.4 is 5.32 Å². The molecular weight excluding hydrogens is 274 g/mol. The van der Waals surface area contributed by atoms with E-state index in [9.17, 15) is 0 Å². The second-order valence-corrected chi connectivity index (χ2v) is 7.03. The van der Waals surface area contributed by atoms with Crippen molar-refractivity contribution in [1.29, 1.82) is 0 Å². The molecule has 0 fully saturated rings. The van der Waals surface area contributed by atoms with E-state index in [1.807, 2.05) is 0 Å². The van der Waals surface area contributed by atoms with Crippen LogP contribution in [0.5, 0.6) is 0 Å². The van der Waals surface area contributed by atoms with Crippen molar-refractivity contribution >= 4 is 27.8 Å². The molecule has 2 aromatic heterocycles. The van der Waals surface area contributed by atoms with Crippen molar-refractivity contribution in [1.82, 2.24) is 9.97 Å². The first-order valence-corrected chi connectivity index (χ1v) is 8.45. The summed E-state index contributed by atoms with van der Waals surface area (Å²) in [7, 11) is 0. The fourth-order valence-corrected chi connectivity index (χ4v) is 3.67. The minimum Gasteiger partial charge on any atom is -0.361 e. The molecule has 0 aliphatic carbocycles. The Morgan fingerprint density at radius 1 is 1.32 bits per heavy atom. The Bertz CT molecular complexity index is 529. The van der Waals surface area contributed by atoms with E-state index in [4.69, 9.17) is 0 Å². The molecule has 0 spiro atoms. The number of nitrogens with one attached hydrogen (secondary N) is 1. The normalized spacial score (nSPS) is 11.2. The Labute approximate surface area is 123 Å². The van der Waals surface area contributed by atoms with Gasteiger partial charge in [0.05, 0.1) is 21.3 Å². The Morgan fingerprint density at radius 3 is 2.79 bits per heavy atom. The van der Waals surface area contributed by atoms with Gasteiger partial charge in [0.2, 0.25) is 0 Å². The van der Waals surface area contributed by atoms with Crippen LogP contribution in [-0.2, 0) is 6.42 Å². The molecule has 104 valence electrons. The van der Waals surface area contributed by atoms with Crippen molar-refractivity contribution in [3.63, 3.8) is 0 Å². The van der Waals surface area contributed by atoms with E-state index in [1.54, 1.807) is 22.7 Å². The van der Waals surface area contributed by atoms with Crippen LogP contribution in [0.25, 0.3) is 10.6 Å². The molecule has 19 heavy (non-hydrogen) atoms. The first kappa shape index (κ1) is 14.5. The topological polar surface area (TPSA) is 37.8 Å². The van der Waals surface area contributed by atoms with Gasteiger partial charge in [0.25, 0.3) is 0 Å². The molecule has 3 nitrogen and oxygen atoms in total. The van der Waals surface area contributed by atoms with E-state index >= 15 is 0 Å². The molecule has 0 saturated heterocycles. The quantitative estimate of drug-likeness (QED) is 0.846. The lowest BCUT2D eigenvalue weighted by Crippen LogP contribution is -2.07. The highest BCUT2D eigenvalue weighted by Crippen LogP contribution is 2.32. The third-order valence-corrected chi connectivity index (χ3v) is 4.74. The van der Waals surface area contributed by atoms with Gasteiger partial charge in [-0.1, -0.05) is 20.8 Å². The Hall–Kier alpha value is -0.940. The molecule has 0 amide bonds. The predicted molar refractivity (Wildman–Crippen MR) is 85.3 cm³/mol. The minimum absolute atomic E-state index is 0.633. The number of rotatable bonds is 6. The maximum Gasteiger partial charge on any atom is 0.183 e. The summed E-state index contributed by atoms with van der Waals surface area (Å²) < 4.78 is 0. The van der Waals surface area contributed by atoms with Crippen LogP contribution in [0.2, 0.25) is 0 Å². The summed E-state index contributed by atoms with van der Waals surface area (Å²) in [5.74, 6) is 0.633. The van der Waals surface area contributed by atoms with Crippen LogP contribution in [0.4, 0.5) is 5.13 Å². The molecule has 0 aliphatic heterocycles. The van der Waals surface area contributed by atoms with E-state index in [0.717, 1.165) is 35.9 Å². The molecule has 0 aromatic carbocycles. The smallest absolute Gasteiger partial charge is 0.183 e. The second-order valence-electron chi connectivity index (χ2n) is 5.08. The maximum atomic E-state index is 4.66. The molecule has 0 radical (unpaired) electrons. The van der Waals surface area contributed by atoms with Gasteiger partial charge in [0.15, 0.2) is 5.13 Å². The highest BCUT2D eigenvalue weighted by molar-refractivity contribution is 7.16. The highest BCUT2D eigenvalue weighted by Gasteiger charge is 2.12. The van der Waals surface area contributed by atoms with Gasteiger partial charge < -0.3 is 5.32 Å². The summed E-state index contributed by atoms with van der Waals surface area (Å²) in [4.78, 5) is 10.5. The van der Waals surface area contributed by atoms with Crippen LogP contribution in [0.1, 0.15) is 37.9 Å². The van der Waals surface area contributed by atoms with Gasteiger partial charge in [-0.25, -0.2) is 9.97 Å². The number of hydrogen-bond acceptors (Lipinski definition) is 5. The van der Waals surface area contributed by atoms with Crippen molar-refractivity contribution in [2.24, 2.45) is 5.92 Å². The van der Waals surface area contributed by atoms with E-state index in [2.05, 4.69) is 48.4 Å². The predicted octanol–water partition coefficient (Wildman–Crippen LogP) is 4.60. The summed E-state index contributed by atoms with van der Waals surface area (Å²) in [6.07, 6.45) is 2.21. The van der Waals surface area contributed by atoms with Crippen LogP contribution in [0.3, 0.4) is 0 Å². The number of aromatic nitrogens is 2. The standard InChI is InChI=1S/C14H21N3S2/c1-5-6-12-16-10(4)13(19-12)11-8-18-14(17-11)15-7-9(2)3/h8-9H,5-7H2,1-4H3,(H,15,17). The van der Waals surface area contributed by atoms with Crippen molar-refractivity contribution in [3.8, 4) is 10.6 Å². The summed E-state index contributed by atoms with van der Waals surface area (Å²) in [5, 5.41) is 7.73. The first-order valence-electron chi connectivity index (χ1n) is 6.76. The van der Waals surface area contributed by atoms with E-state index in [-0.39, 0.29) is 0 Å². The fraction of sp³-hybridized carbons (Fsp3) is 0.571. The van der Waals surface area contributed by atoms with E-state index in [1.165, 1.54) is 9.88 Å². The molecule has 0 bridgehead atoms. The van der Waals surface area contributed by atoms with Crippen LogP contribution >= 0.6 is 22.7 Å². The number of anilines is 1. The third kappa shape index (κ3) is 3.76. The first-order chi connectivity index (χ1) is 9.10. The molecule has 0 aliphatic rings. The zero-order chi connectivity index (χ0) is 13.8. The van der Waals surface area contributed by atoms with Gasteiger partial charge in [-0.15, -0.1) is 22.7 Å². The molecule has 2 aromatic rings. The van der Waals surface area contributed by atoms with Gasteiger partial charge in [-0.05, 0) is 25.7 Å². The average Bonchev–Trinajstić information content (AvgIpc) is 2.94. The molecule has 5 heteroatoms. The highest BCUT2D eigenvalue weighted by atomic mass is 32.1. The average molecular weight is 295 g/mol. The molecule has 2 rings (SSSR count). The van der Waals surface area contributed by atoms with Gasteiger partial charge >= 0.3 is 0 Å². The van der Waals surface area contributed by atoms with Gasteiger partial charge in [-0.2, -0.15) is 0 Å². The summed E-state index contributed by atoms with van der Waals surface area (Å²) in [5.41, 5.74) is 2.17. The SMILES string of the molecule is CCCc1nc(C)c(-c2csc(NCC(C)C)n2)s1. The lowest BCUT2D eigenvalue weighted by atomic mass is 10.2. The van der Waals surface area contributed by atoms with Gasteiger partial charge in [-0.3, -0.25) is 0 Å². The number of nitrogens with zero attached hydrogens (tertiary/aromatic N) is 2. The molecule has 0 saturated carbocycles. The second kappa shape index (κ2) is 6.48. The van der Waals surface area contributed by atoms with E-state index < -0.39 is 0 Å². The molecule has 2 heterocycles. The third-order valence-electron chi connectivity index (χ3n) is 2.70. The Kier molecular flexibility index (Phi) is 4.93. The maximum absolute atomic E-state index is 4.66. The largest absolute Gasteiger partial charge is 0.361 e. The monoisotopic (exact) mass is 295 g/mol. The molecular formula is C14H21N3S2. The van der Waals surface area contributed by atoms with E-state index in [0.29, 0.717) is 5.92 Å². The van der Waals surface area contributed by atoms with Crippen LogP contribution in [0.15, 0.2) is 5.38 Å². The minimum atomic E-state index is 0.633. The summed E-state index contributed by atoms with van der Waals surface area (Å²) >= 11 is 3.45. The molecule has 1 N–H and O–H groups in total. The Balaban J connectivity index is 2.13. The van der Waals surface area contributed by atoms with Crippen molar-refractivity contribution in [3.05, 3.63) is 16.1 Å². The summed E-state index contributed by atoms with van der Waals surface area (Å²) in [6, 6.07) is 0. The van der Waals surface area contributed by atoms with Crippen molar-refractivity contribution in [2.75, 3.05) is 11.9 Å². The Morgan fingerprint density at radius 2 is 2.11 bits per heavy atom. The number of hydrogen-bond donors (Lipinski definition) is 1. The summed E-state index contributed by atoms with van der Waals surface area (Å²) in [6.45, 7) is 9.63. The van der Waals surface area contributed by atoms with Gasteiger partial charge in [0, 0.05) is 11.9 Å². The lowest BCUT2D eigenvalue weighted by Gasteiger charge is -2.04. The van der Waals surface area contributed by atoms with Crippen molar-refractivity contribution < 1.29 is 0 Å². The lowest BCUT2D eigenvalue weighted by molar-refractivity contribution is 0.688. The number of aryl methyl sites for hydroxylation is 2. The van der Waals surface area contributed by atoms with Gasteiger partial charge in [0.1, 0.15) is 0 Å². The molecule has 0 unspecified atom stereocenters. The van der Waals surface area contributed by atoms with Crippen LogP contribution in [-0.4, -0.2) is 16.5 Å². The van der Waals surface area contributed by atoms with Crippen LogP contribution in [0, 0.1) is 12.8 Å². The fourth-order valence-electron chi connectivity index (χ4n) is 1.76. The zero-order valence-corrected chi connectivity index (χ0v) is 13.6. The number of thiazole rings is 2. The zero-order valence-electron chi connectivity index (χ0n) is 12.0. The van der Waals surface area contributed by atoms with Crippen molar-refractivity contribution in [2.45, 2.75) is 40.5 Å². The molecule has 0 atom stereocenters.